The average Bonchev–Trinajstić information content (AvgIpc) is 2.70. The van der Waals surface area contributed by atoms with E-state index < -0.39 is 11.7 Å². The third-order valence-corrected chi connectivity index (χ3v) is 3.21. The van der Waals surface area contributed by atoms with Gasteiger partial charge in [-0.2, -0.15) is 18.3 Å². The summed E-state index contributed by atoms with van der Waals surface area (Å²) in [5.74, 6) is 1.13. The summed E-state index contributed by atoms with van der Waals surface area (Å²) in [6.07, 6.45) is -4.38. The van der Waals surface area contributed by atoms with Crippen LogP contribution in [0.2, 0.25) is 0 Å². The number of nitrogen functional groups attached to an aromatic ring is 1. The summed E-state index contributed by atoms with van der Waals surface area (Å²) >= 11 is 1.48. The first kappa shape index (κ1) is 13.8. The average molecular weight is 287 g/mol. The molecule has 0 radical (unpaired) electrons. The van der Waals surface area contributed by atoms with Gasteiger partial charge >= 0.3 is 6.18 Å². The number of hydrogen-bond donors (Lipinski definition) is 1. The van der Waals surface area contributed by atoms with Crippen molar-refractivity contribution < 1.29 is 13.2 Å². The van der Waals surface area contributed by atoms with Gasteiger partial charge in [0.05, 0.1) is 11.3 Å². The second-order valence-electron chi connectivity index (χ2n) is 3.80. The maximum Gasteiger partial charge on any atom is 0.416 e. The quantitative estimate of drug-likeness (QED) is 0.877. The minimum atomic E-state index is -4.38. The number of nitrogens with zero attached hydrogens (tertiary/aromatic N) is 2. The molecule has 0 fully saturated rings. The second kappa shape index (κ2) is 5.16. The van der Waals surface area contributed by atoms with Crippen molar-refractivity contribution in [2.75, 3.05) is 11.5 Å². The first-order valence-corrected chi connectivity index (χ1v) is 6.56. The lowest BCUT2D eigenvalue weighted by atomic mass is 10.2. The first-order valence-electron chi connectivity index (χ1n) is 5.58. The van der Waals surface area contributed by atoms with E-state index in [1.807, 2.05) is 6.92 Å². The molecule has 2 rings (SSSR count). The van der Waals surface area contributed by atoms with Gasteiger partial charge < -0.3 is 5.73 Å². The minimum absolute atomic E-state index is 0.301. The molecule has 0 saturated carbocycles. The number of hydrogen-bond acceptors (Lipinski definition) is 3. The van der Waals surface area contributed by atoms with Crippen LogP contribution in [0.1, 0.15) is 12.5 Å². The van der Waals surface area contributed by atoms with Crippen LogP contribution in [0.3, 0.4) is 0 Å². The molecule has 0 aliphatic carbocycles. The Morgan fingerprint density at radius 3 is 2.68 bits per heavy atom. The van der Waals surface area contributed by atoms with Gasteiger partial charge in [0.1, 0.15) is 10.8 Å². The standard InChI is InChI=1S/C12H12F3N3S/c1-2-19-11-7-10(16)18(17-11)9-5-3-4-8(6-9)12(13,14)15/h3-7H,2,16H2,1H3. The van der Waals surface area contributed by atoms with Crippen LogP contribution >= 0.6 is 11.8 Å². The van der Waals surface area contributed by atoms with Crippen LogP contribution in [-0.4, -0.2) is 15.5 Å². The van der Waals surface area contributed by atoms with Crippen LogP contribution in [-0.2, 0) is 6.18 Å². The number of nitrogens with two attached hydrogens (primary N) is 1. The van der Waals surface area contributed by atoms with E-state index in [1.165, 1.54) is 22.5 Å². The molecule has 7 heteroatoms. The normalized spacial score (nSPS) is 11.8. The van der Waals surface area contributed by atoms with E-state index in [1.54, 1.807) is 12.1 Å². The van der Waals surface area contributed by atoms with Crippen molar-refractivity contribution in [3.8, 4) is 5.69 Å². The third-order valence-electron chi connectivity index (χ3n) is 2.42. The Kier molecular flexibility index (Phi) is 3.75. The molecular weight excluding hydrogens is 275 g/mol. The Morgan fingerprint density at radius 1 is 1.32 bits per heavy atom. The van der Waals surface area contributed by atoms with E-state index in [4.69, 9.17) is 5.73 Å². The molecule has 0 aliphatic rings. The Balaban J connectivity index is 2.42. The van der Waals surface area contributed by atoms with Gasteiger partial charge in [0.2, 0.25) is 0 Å². The summed E-state index contributed by atoms with van der Waals surface area (Å²) in [7, 11) is 0. The van der Waals surface area contributed by atoms with E-state index in [0.29, 0.717) is 16.5 Å². The van der Waals surface area contributed by atoms with E-state index in [9.17, 15) is 13.2 Å². The van der Waals surface area contributed by atoms with Crippen LogP contribution < -0.4 is 5.73 Å². The van der Waals surface area contributed by atoms with E-state index >= 15 is 0 Å². The monoisotopic (exact) mass is 287 g/mol. The SMILES string of the molecule is CCSc1cc(N)n(-c2cccc(C(F)(F)F)c2)n1. The van der Waals surface area contributed by atoms with Gasteiger partial charge in [0.15, 0.2) is 0 Å². The molecule has 1 aromatic carbocycles. The van der Waals surface area contributed by atoms with Crippen LogP contribution in [0.25, 0.3) is 5.69 Å². The second-order valence-corrected chi connectivity index (χ2v) is 5.08. The van der Waals surface area contributed by atoms with Gasteiger partial charge in [-0.15, -0.1) is 11.8 Å². The summed E-state index contributed by atoms with van der Waals surface area (Å²) in [4.78, 5) is 0. The van der Waals surface area contributed by atoms with E-state index in [-0.39, 0.29) is 0 Å². The van der Waals surface area contributed by atoms with Crippen molar-refractivity contribution in [2.45, 2.75) is 18.1 Å². The van der Waals surface area contributed by atoms with Crippen molar-refractivity contribution in [3.05, 3.63) is 35.9 Å². The topological polar surface area (TPSA) is 43.8 Å². The molecule has 3 nitrogen and oxygen atoms in total. The predicted molar refractivity (Wildman–Crippen MR) is 69.4 cm³/mol. The van der Waals surface area contributed by atoms with Crippen molar-refractivity contribution in [2.24, 2.45) is 0 Å². The van der Waals surface area contributed by atoms with E-state index in [0.717, 1.165) is 17.9 Å². The molecule has 0 atom stereocenters. The lowest BCUT2D eigenvalue weighted by Crippen LogP contribution is -2.07. The molecule has 0 spiro atoms. The molecule has 102 valence electrons. The summed E-state index contributed by atoms with van der Waals surface area (Å²) in [5.41, 5.74) is 5.35. The highest BCUT2D eigenvalue weighted by Gasteiger charge is 2.30. The molecule has 2 aromatic rings. The highest BCUT2D eigenvalue weighted by atomic mass is 32.2. The summed E-state index contributed by atoms with van der Waals surface area (Å²) < 4.78 is 39.2. The fraction of sp³-hybridized carbons (Fsp3) is 0.250. The van der Waals surface area contributed by atoms with Crippen molar-refractivity contribution in [1.29, 1.82) is 0 Å². The van der Waals surface area contributed by atoms with E-state index in [2.05, 4.69) is 5.10 Å². The van der Waals surface area contributed by atoms with Crippen LogP contribution in [0.5, 0.6) is 0 Å². The van der Waals surface area contributed by atoms with Gasteiger partial charge in [-0.1, -0.05) is 13.0 Å². The predicted octanol–water partition coefficient (Wildman–Crippen LogP) is 3.59. The molecule has 0 bridgehead atoms. The highest BCUT2D eigenvalue weighted by molar-refractivity contribution is 7.99. The molecule has 19 heavy (non-hydrogen) atoms. The molecule has 0 amide bonds. The van der Waals surface area contributed by atoms with Gasteiger partial charge in [0, 0.05) is 6.07 Å². The third kappa shape index (κ3) is 3.04. The fourth-order valence-corrected chi connectivity index (χ4v) is 2.25. The fourth-order valence-electron chi connectivity index (χ4n) is 1.61. The van der Waals surface area contributed by atoms with Gasteiger partial charge in [-0.3, -0.25) is 0 Å². The Labute approximate surface area is 112 Å². The molecule has 1 heterocycles. The number of aromatic nitrogens is 2. The first-order chi connectivity index (χ1) is 8.91. The highest BCUT2D eigenvalue weighted by Crippen LogP contribution is 2.31. The summed E-state index contributed by atoms with van der Waals surface area (Å²) in [6, 6.07) is 6.58. The molecule has 0 saturated heterocycles. The largest absolute Gasteiger partial charge is 0.416 e. The number of rotatable bonds is 3. The zero-order chi connectivity index (χ0) is 14.0. The van der Waals surface area contributed by atoms with Crippen LogP contribution in [0, 0.1) is 0 Å². The molecule has 0 unspecified atom stereocenters. The number of alkyl halides is 3. The summed E-state index contributed by atoms with van der Waals surface area (Å²) in [5, 5.41) is 4.87. The zero-order valence-corrected chi connectivity index (χ0v) is 10.9. The van der Waals surface area contributed by atoms with Crippen molar-refractivity contribution in [1.82, 2.24) is 9.78 Å². The molecular formula is C12H12F3N3S. The van der Waals surface area contributed by atoms with Crippen LogP contribution in [0.15, 0.2) is 35.4 Å². The van der Waals surface area contributed by atoms with Gasteiger partial charge in [-0.25, -0.2) is 4.68 Å². The molecule has 2 N–H and O–H groups in total. The van der Waals surface area contributed by atoms with Gasteiger partial charge in [-0.05, 0) is 24.0 Å². The van der Waals surface area contributed by atoms with Gasteiger partial charge in [0.25, 0.3) is 0 Å². The van der Waals surface area contributed by atoms with Crippen molar-refractivity contribution in [3.63, 3.8) is 0 Å². The lowest BCUT2D eigenvalue weighted by Gasteiger charge is -2.09. The maximum absolute atomic E-state index is 12.6. The Hall–Kier alpha value is -1.63. The number of halogens is 3. The maximum atomic E-state index is 12.6. The zero-order valence-electron chi connectivity index (χ0n) is 10.1. The Bertz CT molecular complexity index is 578. The Morgan fingerprint density at radius 2 is 2.05 bits per heavy atom. The summed E-state index contributed by atoms with van der Waals surface area (Å²) in [6.45, 7) is 1.96. The minimum Gasteiger partial charge on any atom is -0.384 e. The molecule has 0 aliphatic heterocycles. The van der Waals surface area contributed by atoms with Crippen molar-refractivity contribution >= 4 is 17.6 Å². The smallest absolute Gasteiger partial charge is 0.384 e. The molecule has 1 aromatic heterocycles. The number of anilines is 1. The number of thioether (sulfide) groups is 1. The number of benzene rings is 1. The van der Waals surface area contributed by atoms with Crippen LogP contribution in [0.4, 0.5) is 19.0 Å². The lowest BCUT2D eigenvalue weighted by molar-refractivity contribution is -0.137.